The van der Waals surface area contributed by atoms with Gasteiger partial charge in [0, 0.05) is 5.75 Å². The second-order valence-electron chi connectivity index (χ2n) is 5.68. The van der Waals surface area contributed by atoms with Crippen LogP contribution in [-0.4, -0.2) is 31.4 Å². The molecule has 0 spiro atoms. The number of benzene rings is 1. The van der Waals surface area contributed by atoms with E-state index >= 15 is 0 Å². The quantitative estimate of drug-likeness (QED) is 0.403. The number of aromatic nitrogens is 4. The zero-order valence-corrected chi connectivity index (χ0v) is 14.3. The van der Waals surface area contributed by atoms with Gasteiger partial charge in [-0.3, -0.25) is 0 Å². The molecule has 3 aromatic rings. The van der Waals surface area contributed by atoms with Crippen LogP contribution in [-0.2, 0) is 13.0 Å². The van der Waals surface area contributed by atoms with Gasteiger partial charge < -0.3 is 10.3 Å². The monoisotopic (exact) mass is 345 g/mol. The maximum Gasteiger partial charge on any atom is 0.191 e. The number of nitrogen functional groups attached to an aromatic ring is 1. The number of rotatable bonds is 7. The lowest BCUT2D eigenvalue weighted by Crippen LogP contribution is -2.08. The molecule has 0 aliphatic rings. The summed E-state index contributed by atoms with van der Waals surface area (Å²) in [5.41, 5.74) is 8.41. The van der Waals surface area contributed by atoms with Crippen LogP contribution in [0.3, 0.4) is 0 Å². The van der Waals surface area contributed by atoms with Crippen LogP contribution < -0.4 is 5.73 Å². The molecule has 1 atom stereocenters. The first-order valence-corrected chi connectivity index (χ1v) is 8.91. The lowest BCUT2D eigenvalue weighted by molar-refractivity contribution is 0.323. The largest absolute Gasteiger partial charge is 0.382 e. The maximum absolute atomic E-state index is 13.3. The number of thioether (sulfide) groups is 1. The summed E-state index contributed by atoms with van der Waals surface area (Å²) in [4.78, 5) is 13.0. The van der Waals surface area contributed by atoms with Crippen molar-refractivity contribution in [1.82, 2.24) is 19.5 Å². The third-order valence-electron chi connectivity index (χ3n) is 3.60. The minimum atomic E-state index is -0.972. The van der Waals surface area contributed by atoms with Crippen molar-refractivity contribution >= 4 is 28.7 Å². The van der Waals surface area contributed by atoms with Gasteiger partial charge in [0.15, 0.2) is 16.6 Å². The first-order valence-electron chi connectivity index (χ1n) is 7.92. The predicted molar refractivity (Wildman–Crippen MR) is 95.8 cm³/mol. The SMILES string of the molecule is CC(F)Cn1cnc2c(N)nc(SCCCc3ccccc3)nc21. The first kappa shape index (κ1) is 16.7. The van der Waals surface area contributed by atoms with Crippen LogP contribution >= 0.6 is 11.8 Å². The number of aryl methyl sites for hydroxylation is 1. The van der Waals surface area contributed by atoms with Gasteiger partial charge in [-0.2, -0.15) is 0 Å². The van der Waals surface area contributed by atoms with Gasteiger partial charge in [0.1, 0.15) is 11.7 Å². The van der Waals surface area contributed by atoms with Crippen LogP contribution in [0, 0.1) is 0 Å². The Hall–Kier alpha value is -2.15. The minimum Gasteiger partial charge on any atom is -0.382 e. The van der Waals surface area contributed by atoms with Crippen molar-refractivity contribution in [3.63, 3.8) is 0 Å². The molecule has 5 nitrogen and oxygen atoms in total. The molecule has 0 bridgehead atoms. The van der Waals surface area contributed by atoms with Crippen molar-refractivity contribution in [2.75, 3.05) is 11.5 Å². The molecule has 0 aliphatic carbocycles. The van der Waals surface area contributed by atoms with E-state index in [-0.39, 0.29) is 6.54 Å². The number of nitrogens with zero attached hydrogens (tertiary/aromatic N) is 4. The molecule has 2 heterocycles. The highest BCUT2D eigenvalue weighted by atomic mass is 32.2. The maximum atomic E-state index is 13.3. The average Bonchev–Trinajstić information content (AvgIpc) is 2.95. The molecule has 0 saturated carbocycles. The molecule has 0 saturated heterocycles. The summed E-state index contributed by atoms with van der Waals surface area (Å²) in [6.45, 7) is 1.72. The van der Waals surface area contributed by atoms with Crippen LogP contribution in [0.15, 0.2) is 41.8 Å². The molecule has 0 fully saturated rings. The van der Waals surface area contributed by atoms with Gasteiger partial charge in [-0.1, -0.05) is 42.1 Å². The summed E-state index contributed by atoms with van der Waals surface area (Å²) in [6.07, 6.45) is 2.63. The molecule has 1 unspecified atom stereocenters. The van der Waals surface area contributed by atoms with Crippen molar-refractivity contribution < 1.29 is 4.39 Å². The fraction of sp³-hybridized carbons (Fsp3) is 0.353. The van der Waals surface area contributed by atoms with Crippen LogP contribution in [0.25, 0.3) is 11.2 Å². The van der Waals surface area contributed by atoms with E-state index in [9.17, 15) is 4.39 Å². The van der Waals surface area contributed by atoms with Crippen molar-refractivity contribution in [2.45, 2.75) is 37.6 Å². The van der Waals surface area contributed by atoms with Crippen molar-refractivity contribution in [3.8, 4) is 0 Å². The summed E-state index contributed by atoms with van der Waals surface area (Å²) in [5.74, 6) is 1.24. The summed E-state index contributed by atoms with van der Waals surface area (Å²) in [6, 6.07) is 10.4. The van der Waals surface area contributed by atoms with E-state index in [1.807, 2.05) is 18.2 Å². The normalized spacial score (nSPS) is 12.6. The van der Waals surface area contributed by atoms with E-state index in [0.29, 0.717) is 22.1 Å². The first-order chi connectivity index (χ1) is 11.6. The minimum absolute atomic E-state index is 0.213. The Kier molecular flexibility index (Phi) is 5.30. The molecule has 0 amide bonds. The Labute approximate surface area is 144 Å². The number of fused-ring (bicyclic) bond motifs is 1. The Bertz CT molecular complexity index is 803. The second-order valence-corrected chi connectivity index (χ2v) is 6.74. The molecule has 1 aromatic carbocycles. The molecule has 126 valence electrons. The lowest BCUT2D eigenvalue weighted by atomic mass is 10.1. The van der Waals surface area contributed by atoms with Crippen LogP contribution in [0.1, 0.15) is 18.9 Å². The standard InChI is InChI=1S/C17H20FN5S/c1-12(18)10-23-11-20-14-15(19)21-17(22-16(14)23)24-9-5-8-13-6-3-2-4-7-13/h2-4,6-7,11-12H,5,8-10H2,1H3,(H2,19,21,22). The molecule has 24 heavy (non-hydrogen) atoms. The van der Waals surface area contributed by atoms with Gasteiger partial charge in [-0.15, -0.1) is 0 Å². The fourth-order valence-electron chi connectivity index (χ4n) is 2.50. The van der Waals surface area contributed by atoms with Gasteiger partial charge in [-0.05, 0) is 25.3 Å². The summed E-state index contributed by atoms with van der Waals surface area (Å²) >= 11 is 1.56. The highest BCUT2D eigenvalue weighted by Gasteiger charge is 2.13. The van der Waals surface area contributed by atoms with Crippen molar-refractivity contribution in [2.24, 2.45) is 0 Å². The highest BCUT2D eigenvalue weighted by Crippen LogP contribution is 2.22. The number of halogens is 1. The molecular formula is C17H20FN5S. The topological polar surface area (TPSA) is 69.6 Å². The van der Waals surface area contributed by atoms with Gasteiger partial charge in [0.2, 0.25) is 0 Å². The number of alkyl halides is 1. The van der Waals surface area contributed by atoms with Gasteiger partial charge in [0.05, 0.1) is 12.9 Å². The third-order valence-corrected chi connectivity index (χ3v) is 4.54. The Morgan fingerprint density at radius 1 is 1.25 bits per heavy atom. The second kappa shape index (κ2) is 7.61. The Balaban J connectivity index is 1.66. The molecule has 0 radical (unpaired) electrons. The van der Waals surface area contributed by atoms with Crippen LogP contribution in [0.5, 0.6) is 0 Å². The number of hydrogen-bond acceptors (Lipinski definition) is 5. The number of imidazole rings is 1. The zero-order valence-electron chi connectivity index (χ0n) is 13.5. The molecule has 2 aromatic heterocycles. The van der Waals surface area contributed by atoms with Gasteiger partial charge >= 0.3 is 0 Å². The summed E-state index contributed by atoms with van der Waals surface area (Å²) in [5, 5.41) is 0.612. The zero-order chi connectivity index (χ0) is 16.9. The number of nitrogens with two attached hydrogens (primary N) is 1. The van der Waals surface area contributed by atoms with Crippen molar-refractivity contribution in [3.05, 3.63) is 42.2 Å². The van der Waals surface area contributed by atoms with E-state index in [4.69, 9.17) is 5.73 Å². The van der Waals surface area contributed by atoms with E-state index in [1.165, 1.54) is 12.5 Å². The lowest BCUT2D eigenvalue weighted by Gasteiger charge is -2.06. The van der Waals surface area contributed by atoms with Gasteiger partial charge in [0.25, 0.3) is 0 Å². The number of hydrogen-bond donors (Lipinski definition) is 1. The summed E-state index contributed by atoms with van der Waals surface area (Å²) in [7, 11) is 0. The molecule has 0 aliphatic heterocycles. The third kappa shape index (κ3) is 4.03. The highest BCUT2D eigenvalue weighted by molar-refractivity contribution is 7.99. The van der Waals surface area contributed by atoms with Crippen LogP contribution in [0.4, 0.5) is 10.2 Å². The average molecular weight is 345 g/mol. The van der Waals surface area contributed by atoms with E-state index in [0.717, 1.165) is 18.6 Å². The predicted octanol–water partition coefficient (Wildman–Crippen LogP) is 3.49. The molecule has 2 N–H and O–H groups in total. The smallest absolute Gasteiger partial charge is 0.191 e. The number of anilines is 1. The molecule has 3 rings (SSSR count). The van der Waals surface area contributed by atoms with E-state index in [1.54, 1.807) is 22.7 Å². The molecule has 7 heteroatoms. The van der Waals surface area contributed by atoms with Crippen molar-refractivity contribution in [1.29, 1.82) is 0 Å². The fourth-order valence-corrected chi connectivity index (χ4v) is 3.28. The molecular weight excluding hydrogens is 325 g/mol. The van der Waals surface area contributed by atoms with Crippen LogP contribution in [0.2, 0.25) is 0 Å². The Morgan fingerprint density at radius 2 is 2.04 bits per heavy atom. The Morgan fingerprint density at radius 3 is 2.79 bits per heavy atom. The van der Waals surface area contributed by atoms with E-state index < -0.39 is 6.17 Å². The van der Waals surface area contributed by atoms with E-state index in [2.05, 4.69) is 27.1 Å². The summed E-state index contributed by atoms with van der Waals surface area (Å²) < 4.78 is 15.0. The van der Waals surface area contributed by atoms with Gasteiger partial charge in [-0.25, -0.2) is 19.3 Å².